The minimum atomic E-state index is 0. The molecule has 0 bridgehead atoms. The summed E-state index contributed by atoms with van der Waals surface area (Å²) in [5.41, 5.74) is 2.14. The molecular formula is C13H19ClN4. The van der Waals surface area contributed by atoms with Crippen LogP contribution >= 0.6 is 12.4 Å². The molecule has 3 rings (SSSR count). The molecule has 5 heteroatoms. The van der Waals surface area contributed by atoms with E-state index in [1.807, 2.05) is 18.2 Å². The summed E-state index contributed by atoms with van der Waals surface area (Å²) in [7, 11) is 2.09. The summed E-state index contributed by atoms with van der Waals surface area (Å²) in [4.78, 5) is 10.2. The lowest BCUT2D eigenvalue weighted by molar-refractivity contribution is 0.595. The molecule has 2 N–H and O–H groups in total. The van der Waals surface area contributed by atoms with Gasteiger partial charge < -0.3 is 15.2 Å². The molecule has 1 atom stereocenters. The van der Waals surface area contributed by atoms with Crippen molar-refractivity contribution in [2.75, 3.05) is 25.0 Å². The second-order valence-corrected chi connectivity index (χ2v) is 4.75. The summed E-state index contributed by atoms with van der Waals surface area (Å²) in [5.74, 6) is 0.958. The lowest BCUT2D eigenvalue weighted by Crippen LogP contribution is -2.35. The van der Waals surface area contributed by atoms with E-state index in [2.05, 4.69) is 33.3 Å². The number of aromatic amines is 1. The third-order valence-corrected chi connectivity index (χ3v) is 3.40. The molecule has 1 fully saturated rings. The first-order chi connectivity index (χ1) is 8.33. The smallest absolute Gasteiger partial charge is 0.203 e. The molecule has 2 heterocycles. The van der Waals surface area contributed by atoms with Crippen molar-refractivity contribution in [3.63, 3.8) is 0 Å². The molecule has 18 heavy (non-hydrogen) atoms. The lowest BCUT2D eigenvalue weighted by atomic mass is 10.2. The number of para-hydroxylation sites is 2. The van der Waals surface area contributed by atoms with Gasteiger partial charge in [-0.1, -0.05) is 12.1 Å². The highest BCUT2D eigenvalue weighted by Gasteiger charge is 2.17. The van der Waals surface area contributed by atoms with Gasteiger partial charge in [-0.25, -0.2) is 4.98 Å². The number of anilines is 1. The van der Waals surface area contributed by atoms with Gasteiger partial charge in [-0.15, -0.1) is 12.4 Å². The molecule has 0 amide bonds. The van der Waals surface area contributed by atoms with Crippen LogP contribution in [0.1, 0.15) is 12.8 Å². The Bertz CT molecular complexity index is 471. The van der Waals surface area contributed by atoms with Gasteiger partial charge in [0.15, 0.2) is 0 Å². The van der Waals surface area contributed by atoms with Crippen molar-refractivity contribution in [1.82, 2.24) is 15.3 Å². The Labute approximate surface area is 113 Å². The SMILES string of the molecule is CN(CC1CCCN1)c1nc2ccccc2[nH]1.Cl. The third kappa shape index (κ3) is 2.60. The van der Waals surface area contributed by atoms with Crippen LogP contribution in [0, 0.1) is 0 Å². The summed E-state index contributed by atoms with van der Waals surface area (Å²) in [5, 5.41) is 3.51. The van der Waals surface area contributed by atoms with E-state index in [-0.39, 0.29) is 12.4 Å². The number of halogens is 1. The molecule has 1 saturated heterocycles. The number of nitrogens with one attached hydrogen (secondary N) is 2. The fourth-order valence-corrected chi connectivity index (χ4v) is 2.45. The zero-order valence-electron chi connectivity index (χ0n) is 10.5. The van der Waals surface area contributed by atoms with Crippen molar-refractivity contribution >= 4 is 29.4 Å². The minimum absolute atomic E-state index is 0. The average molecular weight is 267 g/mol. The number of fused-ring (bicyclic) bond motifs is 1. The maximum absolute atomic E-state index is 4.60. The number of H-pyrrole nitrogens is 1. The van der Waals surface area contributed by atoms with Gasteiger partial charge in [-0.05, 0) is 31.5 Å². The number of hydrogen-bond acceptors (Lipinski definition) is 3. The predicted molar refractivity (Wildman–Crippen MR) is 77.6 cm³/mol. The van der Waals surface area contributed by atoms with E-state index in [1.54, 1.807) is 0 Å². The Morgan fingerprint density at radius 3 is 2.94 bits per heavy atom. The van der Waals surface area contributed by atoms with Crippen LogP contribution in [0.15, 0.2) is 24.3 Å². The first-order valence-electron chi connectivity index (χ1n) is 6.22. The van der Waals surface area contributed by atoms with Crippen LogP contribution in [0.25, 0.3) is 11.0 Å². The molecule has 0 spiro atoms. The summed E-state index contributed by atoms with van der Waals surface area (Å²) in [6.45, 7) is 2.17. The summed E-state index contributed by atoms with van der Waals surface area (Å²) in [6.07, 6.45) is 2.56. The molecule has 1 aromatic heterocycles. The van der Waals surface area contributed by atoms with E-state index >= 15 is 0 Å². The zero-order chi connectivity index (χ0) is 11.7. The fraction of sp³-hybridized carbons (Fsp3) is 0.462. The normalized spacial score (nSPS) is 18.8. The van der Waals surface area contributed by atoms with E-state index in [9.17, 15) is 0 Å². The van der Waals surface area contributed by atoms with E-state index in [4.69, 9.17) is 0 Å². The van der Waals surface area contributed by atoms with E-state index in [0.717, 1.165) is 30.1 Å². The van der Waals surface area contributed by atoms with Gasteiger partial charge in [0.1, 0.15) is 0 Å². The number of rotatable bonds is 3. The number of likely N-dealkylation sites (N-methyl/N-ethyl adjacent to an activating group) is 1. The van der Waals surface area contributed by atoms with Gasteiger partial charge >= 0.3 is 0 Å². The van der Waals surface area contributed by atoms with Crippen LogP contribution in [0.2, 0.25) is 0 Å². The van der Waals surface area contributed by atoms with Crippen molar-refractivity contribution in [2.24, 2.45) is 0 Å². The minimum Gasteiger partial charge on any atom is -0.344 e. The molecule has 1 aromatic carbocycles. The van der Waals surface area contributed by atoms with Crippen molar-refractivity contribution < 1.29 is 0 Å². The third-order valence-electron chi connectivity index (χ3n) is 3.40. The highest BCUT2D eigenvalue weighted by atomic mass is 35.5. The van der Waals surface area contributed by atoms with Gasteiger partial charge in [-0.2, -0.15) is 0 Å². The number of imidazole rings is 1. The van der Waals surface area contributed by atoms with Gasteiger partial charge in [0.05, 0.1) is 11.0 Å². The lowest BCUT2D eigenvalue weighted by Gasteiger charge is -2.20. The molecular weight excluding hydrogens is 248 g/mol. The molecule has 0 radical (unpaired) electrons. The van der Waals surface area contributed by atoms with Crippen LogP contribution in [0.5, 0.6) is 0 Å². The van der Waals surface area contributed by atoms with Crippen LogP contribution in [0.4, 0.5) is 5.95 Å². The van der Waals surface area contributed by atoms with Crippen LogP contribution in [-0.4, -0.2) is 36.1 Å². The average Bonchev–Trinajstić information content (AvgIpc) is 2.96. The van der Waals surface area contributed by atoms with E-state index < -0.39 is 0 Å². The van der Waals surface area contributed by atoms with Crippen LogP contribution in [-0.2, 0) is 0 Å². The second-order valence-electron chi connectivity index (χ2n) is 4.75. The highest BCUT2D eigenvalue weighted by molar-refractivity contribution is 5.85. The maximum atomic E-state index is 4.60. The van der Waals surface area contributed by atoms with Crippen molar-refractivity contribution in [2.45, 2.75) is 18.9 Å². The van der Waals surface area contributed by atoms with Gasteiger partial charge in [0, 0.05) is 19.6 Å². The molecule has 98 valence electrons. The molecule has 1 aliphatic rings. The monoisotopic (exact) mass is 266 g/mol. The quantitative estimate of drug-likeness (QED) is 0.895. The Balaban J connectivity index is 0.00000120. The van der Waals surface area contributed by atoms with E-state index in [1.165, 1.54) is 12.8 Å². The summed E-state index contributed by atoms with van der Waals surface area (Å²) >= 11 is 0. The fourth-order valence-electron chi connectivity index (χ4n) is 2.45. The molecule has 1 unspecified atom stereocenters. The van der Waals surface area contributed by atoms with Gasteiger partial charge in [0.2, 0.25) is 5.95 Å². The Morgan fingerprint density at radius 1 is 1.39 bits per heavy atom. The Kier molecular flexibility index (Phi) is 4.09. The molecule has 4 nitrogen and oxygen atoms in total. The van der Waals surface area contributed by atoms with Crippen molar-refractivity contribution in [3.05, 3.63) is 24.3 Å². The zero-order valence-corrected chi connectivity index (χ0v) is 11.3. The number of aromatic nitrogens is 2. The largest absolute Gasteiger partial charge is 0.344 e. The molecule has 2 aromatic rings. The Morgan fingerprint density at radius 2 is 2.22 bits per heavy atom. The first-order valence-corrected chi connectivity index (χ1v) is 6.22. The number of benzene rings is 1. The summed E-state index contributed by atoms with van der Waals surface area (Å²) in [6, 6.07) is 8.76. The molecule has 1 aliphatic heterocycles. The maximum Gasteiger partial charge on any atom is 0.203 e. The van der Waals surface area contributed by atoms with Crippen molar-refractivity contribution in [3.8, 4) is 0 Å². The van der Waals surface area contributed by atoms with Crippen molar-refractivity contribution in [1.29, 1.82) is 0 Å². The number of nitrogens with zero attached hydrogens (tertiary/aromatic N) is 2. The highest BCUT2D eigenvalue weighted by Crippen LogP contribution is 2.17. The van der Waals surface area contributed by atoms with Gasteiger partial charge in [0.25, 0.3) is 0 Å². The molecule has 0 aliphatic carbocycles. The van der Waals surface area contributed by atoms with Crippen LogP contribution in [0.3, 0.4) is 0 Å². The van der Waals surface area contributed by atoms with Gasteiger partial charge in [-0.3, -0.25) is 0 Å². The first kappa shape index (κ1) is 13.2. The number of hydrogen-bond donors (Lipinski definition) is 2. The van der Waals surface area contributed by atoms with E-state index in [0.29, 0.717) is 6.04 Å². The molecule has 0 saturated carbocycles. The predicted octanol–water partition coefficient (Wildman–Crippen LogP) is 2.17. The summed E-state index contributed by atoms with van der Waals surface area (Å²) < 4.78 is 0. The Hall–Kier alpha value is -1.26. The topological polar surface area (TPSA) is 44.0 Å². The second kappa shape index (κ2) is 5.59. The standard InChI is InChI=1S/C13H18N4.ClH/c1-17(9-10-5-4-8-14-10)13-15-11-6-2-3-7-12(11)16-13;/h2-3,6-7,10,14H,4-5,8-9H2,1H3,(H,15,16);1H. The van der Waals surface area contributed by atoms with Crippen LogP contribution < -0.4 is 10.2 Å².